The van der Waals surface area contributed by atoms with Crippen molar-refractivity contribution in [3.63, 3.8) is 0 Å². The molecular formula is C19H20N4O2S. The zero-order valence-corrected chi connectivity index (χ0v) is 15.3. The SMILES string of the molecule is C[C@H](Sc1nc(C2CC2)n(-c2ccccc2)n1)C(=O)NCc1ccco1. The molecule has 1 fully saturated rings. The first kappa shape index (κ1) is 16.9. The van der Waals surface area contributed by atoms with E-state index in [0.717, 1.165) is 30.1 Å². The predicted octanol–water partition coefficient (Wildman–Crippen LogP) is 3.53. The Bertz CT molecular complexity index is 872. The number of para-hydroxylation sites is 1. The summed E-state index contributed by atoms with van der Waals surface area (Å²) in [6.07, 6.45) is 3.89. The summed E-state index contributed by atoms with van der Waals surface area (Å²) in [7, 11) is 0. The van der Waals surface area contributed by atoms with Crippen LogP contribution in [0.2, 0.25) is 0 Å². The molecule has 0 saturated heterocycles. The van der Waals surface area contributed by atoms with Gasteiger partial charge in [-0.25, -0.2) is 9.67 Å². The first-order valence-corrected chi connectivity index (χ1v) is 9.58. The van der Waals surface area contributed by atoms with Crippen LogP contribution in [0.4, 0.5) is 0 Å². The number of aromatic nitrogens is 3. The Kier molecular flexibility index (Phi) is 4.79. The molecular weight excluding hydrogens is 348 g/mol. The van der Waals surface area contributed by atoms with E-state index in [1.165, 1.54) is 11.8 Å². The van der Waals surface area contributed by atoms with Crippen LogP contribution in [0.3, 0.4) is 0 Å². The molecule has 0 aliphatic heterocycles. The quantitative estimate of drug-likeness (QED) is 0.646. The van der Waals surface area contributed by atoms with Crippen molar-refractivity contribution in [2.45, 2.75) is 42.6 Å². The van der Waals surface area contributed by atoms with Crippen LogP contribution in [0, 0.1) is 0 Å². The van der Waals surface area contributed by atoms with Crippen LogP contribution in [0.15, 0.2) is 58.3 Å². The molecule has 134 valence electrons. The smallest absolute Gasteiger partial charge is 0.233 e. The summed E-state index contributed by atoms with van der Waals surface area (Å²) in [6.45, 7) is 2.25. The number of hydrogen-bond donors (Lipinski definition) is 1. The fourth-order valence-electron chi connectivity index (χ4n) is 2.66. The first-order valence-electron chi connectivity index (χ1n) is 8.70. The molecule has 1 atom stereocenters. The highest BCUT2D eigenvalue weighted by Gasteiger charge is 2.31. The third-order valence-electron chi connectivity index (χ3n) is 4.22. The number of thioether (sulfide) groups is 1. The Hall–Kier alpha value is -2.54. The molecule has 0 spiro atoms. The Morgan fingerprint density at radius 2 is 2.12 bits per heavy atom. The minimum absolute atomic E-state index is 0.0598. The lowest BCUT2D eigenvalue weighted by molar-refractivity contribution is -0.120. The Morgan fingerprint density at radius 1 is 1.31 bits per heavy atom. The van der Waals surface area contributed by atoms with E-state index in [1.807, 2.05) is 48.0 Å². The molecule has 1 saturated carbocycles. The highest BCUT2D eigenvalue weighted by Crippen LogP contribution is 2.40. The number of nitrogens with zero attached hydrogens (tertiary/aromatic N) is 3. The van der Waals surface area contributed by atoms with Gasteiger partial charge in [-0.3, -0.25) is 4.79 Å². The molecule has 4 rings (SSSR count). The van der Waals surface area contributed by atoms with E-state index in [2.05, 4.69) is 10.4 Å². The average Bonchev–Trinajstić information content (AvgIpc) is 3.21. The number of furan rings is 1. The fraction of sp³-hybridized carbons (Fsp3) is 0.316. The van der Waals surface area contributed by atoms with Gasteiger partial charge in [0.1, 0.15) is 11.6 Å². The second-order valence-electron chi connectivity index (χ2n) is 6.33. The summed E-state index contributed by atoms with van der Waals surface area (Å²) in [5.74, 6) is 2.13. The van der Waals surface area contributed by atoms with Crippen molar-refractivity contribution >= 4 is 17.7 Å². The van der Waals surface area contributed by atoms with Gasteiger partial charge in [-0.05, 0) is 44.0 Å². The Labute approximate surface area is 156 Å². The molecule has 26 heavy (non-hydrogen) atoms. The molecule has 0 bridgehead atoms. The van der Waals surface area contributed by atoms with Crippen LogP contribution in [-0.2, 0) is 11.3 Å². The van der Waals surface area contributed by atoms with Gasteiger partial charge in [0, 0.05) is 5.92 Å². The number of carbonyl (C=O) groups excluding carboxylic acids is 1. The van der Waals surface area contributed by atoms with E-state index < -0.39 is 0 Å². The molecule has 3 aromatic rings. The molecule has 6 nitrogen and oxygen atoms in total. The lowest BCUT2D eigenvalue weighted by Crippen LogP contribution is -2.30. The lowest BCUT2D eigenvalue weighted by Gasteiger charge is -2.08. The van der Waals surface area contributed by atoms with Gasteiger partial charge >= 0.3 is 0 Å². The van der Waals surface area contributed by atoms with Crippen LogP contribution in [0.5, 0.6) is 0 Å². The summed E-state index contributed by atoms with van der Waals surface area (Å²) in [5, 5.41) is 7.87. The second-order valence-corrected chi connectivity index (χ2v) is 7.64. The zero-order chi connectivity index (χ0) is 17.9. The van der Waals surface area contributed by atoms with Gasteiger partial charge in [0.05, 0.1) is 23.7 Å². The number of rotatable bonds is 7. The Balaban J connectivity index is 1.45. The third-order valence-corrected chi connectivity index (χ3v) is 5.18. The van der Waals surface area contributed by atoms with Gasteiger partial charge in [0.25, 0.3) is 0 Å². The van der Waals surface area contributed by atoms with Crippen molar-refractivity contribution < 1.29 is 9.21 Å². The van der Waals surface area contributed by atoms with Gasteiger partial charge in [-0.2, -0.15) is 0 Å². The summed E-state index contributed by atoms with van der Waals surface area (Å²) in [6, 6.07) is 13.7. The fourth-order valence-corrected chi connectivity index (χ4v) is 3.44. The second kappa shape index (κ2) is 7.37. The van der Waals surface area contributed by atoms with E-state index in [-0.39, 0.29) is 11.2 Å². The molecule has 7 heteroatoms. The summed E-state index contributed by atoms with van der Waals surface area (Å²) in [4.78, 5) is 17.0. The van der Waals surface area contributed by atoms with Crippen LogP contribution in [0.25, 0.3) is 5.69 Å². The van der Waals surface area contributed by atoms with Gasteiger partial charge in [-0.15, -0.1) is 5.10 Å². The molecule has 0 unspecified atom stereocenters. The van der Waals surface area contributed by atoms with Crippen LogP contribution in [-0.4, -0.2) is 25.9 Å². The van der Waals surface area contributed by atoms with E-state index in [1.54, 1.807) is 12.3 Å². The number of hydrogen-bond acceptors (Lipinski definition) is 5. The third kappa shape index (κ3) is 3.83. The number of benzene rings is 1. The number of nitrogens with one attached hydrogen (secondary N) is 1. The molecule has 2 heterocycles. The van der Waals surface area contributed by atoms with Crippen LogP contribution in [0.1, 0.15) is 37.3 Å². The summed E-state index contributed by atoms with van der Waals surface area (Å²) in [5.41, 5.74) is 1.00. The van der Waals surface area contributed by atoms with Crippen molar-refractivity contribution in [1.82, 2.24) is 20.1 Å². The zero-order valence-electron chi connectivity index (χ0n) is 14.5. The van der Waals surface area contributed by atoms with Gasteiger partial charge in [0.2, 0.25) is 11.1 Å². The van der Waals surface area contributed by atoms with Crippen molar-refractivity contribution in [2.24, 2.45) is 0 Å². The number of amides is 1. The van der Waals surface area contributed by atoms with E-state index in [4.69, 9.17) is 9.40 Å². The Morgan fingerprint density at radius 3 is 2.81 bits per heavy atom. The van der Waals surface area contributed by atoms with Crippen LogP contribution < -0.4 is 5.32 Å². The van der Waals surface area contributed by atoms with E-state index >= 15 is 0 Å². The molecule has 1 amide bonds. The summed E-state index contributed by atoms with van der Waals surface area (Å²) >= 11 is 1.38. The standard InChI is InChI=1S/C19H20N4O2S/c1-13(18(24)20-12-16-8-5-11-25-16)26-19-21-17(14-9-10-14)23(22-19)15-6-3-2-4-7-15/h2-8,11,13-14H,9-10,12H2,1H3,(H,20,24)/t13-/m0/s1. The molecule has 1 aromatic carbocycles. The first-order chi connectivity index (χ1) is 12.7. The van der Waals surface area contributed by atoms with Crippen molar-refractivity contribution in [3.05, 3.63) is 60.3 Å². The number of carbonyl (C=O) groups is 1. The average molecular weight is 368 g/mol. The predicted molar refractivity (Wildman–Crippen MR) is 99.2 cm³/mol. The van der Waals surface area contributed by atoms with Gasteiger partial charge < -0.3 is 9.73 Å². The van der Waals surface area contributed by atoms with Crippen molar-refractivity contribution in [2.75, 3.05) is 0 Å². The molecule has 1 N–H and O–H groups in total. The van der Waals surface area contributed by atoms with Crippen molar-refractivity contribution in [1.29, 1.82) is 0 Å². The highest BCUT2D eigenvalue weighted by atomic mass is 32.2. The minimum atomic E-state index is -0.288. The summed E-state index contributed by atoms with van der Waals surface area (Å²) < 4.78 is 7.14. The monoisotopic (exact) mass is 368 g/mol. The maximum Gasteiger partial charge on any atom is 0.233 e. The van der Waals surface area contributed by atoms with Gasteiger partial charge in [-0.1, -0.05) is 30.0 Å². The topological polar surface area (TPSA) is 73.0 Å². The van der Waals surface area contributed by atoms with Crippen LogP contribution >= 0.6 is 11.8 Å². The minimum Gasteiger partial charge on any atom is -0.467 e. The molecule has 0 radical (unpaired) electrons. The van der Waals surface area contributed by atoms with E-state index in [9.17, 15) is 4.79 Å². The lowest BCUT2D eigenvalue weighted by atomic mass is 10.3. The van der Waals surface area contributed by atoms with E-state index in [0.29, 0.717) is 17.6 Å². The maximum atomic E-state index is 12.3. The highest BCUT2D eigenvalue weighted by molar-refractivity contribution is 8.00. The molecule has 2 aromatic heterocycles. The van der Waals surface area contributed by atoms with Crippen molar-refractivity contribution in [3.8, 4) is 5.69 Å². The normalized spacial score (nSPS) is 15.0. The largest absolute Gasteiger partial charge is 0.467 e. The maximum absolute atomic E-state index is 12.3. The molecule has 1 aliphatic carbocycles. The molecule has 1 aliphatic rings. The van der Waals surface area contributed by atoms with Gasteiger partial charge in [0.15, 0.2) is 0 Å².